The highest BCUT2D eigenvalue weighted by atomic mass is 19.1. The highest BCUT2D eigenvalue weighted by Gasteiger charge is 2.29. The van der Waals surface area contributed by atoms with E-state index in [1.807, 2.05) is 33.0 Å². The first-order chi connectivity index (χ1) is 19.9. The van der Waals surface area contributed by atoms with E-state index in [9.17, 15) is 9.18 Å². The number of piperidine rings is 1. The highest BCUT2D eigenvalue weighted by Crippen LogP contribution is 2.36. The number of hydrogen-bond donors (Lipinski definition) is 1. The van der Waals surface area contributed by atoms with Crippen molar-refractivity contribution in [3.8, 4) is 17.4 Å². The number of hydrogen-bond acceptors (Lipinski definition) is 9. The van der Waals surface area contributed by atoms with Gasteiger partial charge in [-0.3, -0.25) is 9.78 Å². The Labute approximate surface area is 240 Å². The van der Waals surface area contributed by atoms with E-state index in [0.29, 0.717) is 25.5 Å². The van der Waals surface area contributed by atoms with Crippen molar-refractivity contribution < 1.29 is 18.7 Å². The van der Waals surface area contributed by atoms with Crippen LogP contribution in [0.25, 0.3) is 0 Å². The normalized spacial score (nSPS) is 17.3. The molecule has 0 saturated carbocycles. The van der Waals surface area contributed by atoms with Crippen LogP contribution in [0, 0.1) is 5.82 Å². The summed E-state index contributed by atoms with van der Waals surface area (Å²) < 4.78 is 26.9. The molecule has 1 atom stereocenters. The van der Waals surface area contributed by atoms with Crippen LogP contribution < -0.4 is 19.7 Å². The Morgan fingerprint density at radius 1 is 1.17 bits per heavy atom. The number of fused-ring (bicyclic) bond motifs is 1. The SMILES string of the molecule is CCC1NCCc2nccc(OC3CCN(c4ncnnc4Oc4ccc(F)cc4C(=O)N(CC)C(C)C)CC3)c21. The Kier molecular flexibility index (Phi) is 8.92. The number of amides is 1. The van der Waals surface area contributed by atoms with Gasteiger partial charge in [0.25, 0.3) is 11.8 Å². The van der Waals surface area contributed by atoms with Crippen LogP contribution in [0.2, 0.25) is 0 Å². The third-order valence-corrected chi connectivity index (χ3v) is 7.75. The molecule has 41 heavy (non-hydrogen) atoms. The van der Waals surface area contributed by atoms with Gasteiger partial charge in [-0.1, -0.05) is 6.92 Å². The lowest BCUT2D eigenvalue weighted by atomic mass is 9.96. The molecule has 1 unspecified atom stereocenters. The maximum absolute atomic E-state index is 14.2. The average Bonchev–Trinajstić information content (AvgIpc) is 2.98. The molecule has 0 bridgehead atoms. The van der Waals surface area contributed by atoms with Crippen LogP contribution in [-0.4, -0.2) is 69.3 Å². The van der Waals surface area contributed by atoms with Crippen LogP contribution in [0.3, 0.4) is 0 Å². The van der Waals surface area contributed by atoms with Gasteiger partial charge in [0.2, 0.25) is 0 Å². The van der Waals surface area contributed by atoms with Crippen LogP contribution in [0.1, 0.15) is 74.6 Å². The lowest BCUT2D eigenvalue weighted by molar-refractivity contribution is 0.0713. The Hall–Kier alpha value is -3.86. The fraction of sp³-hybridized carbons (Fsp3) is 0.500. The summed E-state index contributed by atoms with van der Waals surface area (Å²) in [4.78, 5) is 26.1. The number of carbonyl (C=O) groups excluding carboxylic acids is 1. The number of pyridine rings is 1. The van der Waals surface area contributed by atoms with Gasteiger partial charge < -0.3 is 24.6 Å². The average molecular weight is 564 g/mol. The van der Waals surface area contributed by atoms with E-state index in [1.54, 1.807) is 4.90 Å². The Morgan fingerprint density at radius 2 is 1.98 bits per heavy atom. The molecule has 5 rings (SSSR count). The summed E-state index contributed by atoms with van der Waals surface area (Å²) in [7, 11) is 0. The molecule has 1 aromatic carbocycles. The molecule has 4 heterocycles. The van der Waals surface area contributed by atoms with Gasteiger partial charge in [0, 0.05) is 69.3 Å². The molecule has 2 aliphatic heterocycles. The second kappa shape index (κ2) is 12.8. The summed E-state index contributed by atoms with van der Waals surface area (Å²) in [6.07, 6.45) is 6.71. The van der Waals surface area contributed by atoms with Crippen molar-refractivity contribution in [2.24, 2.45) is 0 Å². The van der Waals surface area contributed by atoms with Crippen LogP contribution in [0.5, 0.6) is 17.4 Å². The maximum Gasteiger partial charge on any atom is 0.282 e. The first kappa shape index (κ1) is 28.7. The van der Waals surface area contributed by atoms with Gasteiger partial charge in [-0.25, -0.2) is 9.37 Å². The fourth-order valence-electron chi connectivity index (χ4n) is 5.65. The number of nitrogens with one attached hydrogen (secondary N) is 1. The molecule has 0 radical (unpaired) electrons. The number of benzene rings is 1. The molecule has 2 aliphatic rings. The second-order valence-corrected chi connectivity index (χ2v) is 10.7. The second-order valence-electron chi connectivity index (χ2n) is 10.7. The molecule has 1 N–H and O–H groups in total. The lowest BCUT2D eigenvalue weighted by Gasteiger charge is -2.34. The van der Waals surface area contributed by atoms with Crippen molar-refractivity contribution in [2.45, 2.75) is 71.6 Å². The van der Waals surface area contributed by atoms with Crippen molar-refractivity contribution >= 4 is 11.7 Å². The van der Waals surface area contributed by atoms with Crippen LogP contribution >= 0.6 is 0 Å². The zero-order valence-corrected chi connectivity index (χ0v) is 24.1. The largest absolute Gasteiger partial charge is 0.490 e. The predicted octanol–water partition coefficient (Wildman–Crippen LogP) is 4.71. The van der Waals surface area contributed by atoms with E-state index >= 15 is 0 Å². The number of halogens is 1. The molecule has 1 saturated heterocycles. The van der Waals surface area contributed by atoms with Gasteiger partial charge in [0.1, 0.15) is 29.7 Å². The molecule has 3 aromatic rings. The molecule has 1 amide bonds. The Bertz CT molecular complexity index is 1360. The Balaban J connectivity index is 1.31. The van der Waals surface area contributed by atoms with E-state index < -0.39 is 5.82 Å². The molecular formula is C30H38FN7O3. The number of nitrogens with zero attached hydrogens (tertiary/aromatic N) is 6. The monoisotopic (exact) mass is 563 g/mol. The van der Waals surface area contributed by atoms with Crippen molar-refractivity contribution in [1.29, 1.82) is 0 Å². The van der Waals surface area contributed by atoms with Crippen molar-refractivity contribution in [1.82, 2.24) is 30.4 Å². The standard InChI is InChI=1S/C30H38FN7O3/c1-5-23-27-24(9-13-32-23)33-14-10-26(27)40-21-11-15-37(16-12-21)28-29(36-35-18-34-28)41-25-8-7-20(31)17-22(25)30(39)38(6-2)19(3)4/h7-8,10,14,17-19,21,23,32H,5-6,9,11-13,15-16H2,1-4H3. The van der Waals surface area contributed by atoms with Crippen LogP contribution in [0.15, 0.2) is 36.8 Å². The van der Waals surface area contributed by atoms with Gasteiger partial charge in [0.15, 0.2) is 5.82 Å². The number of carbonyl (C=O) groups is 1. The molecule has 1 fully saturated rings. The molecular weight excluding hydrogens is 525 g/mol. The predicted molar refractivity (Wildman–Crippen MR) is 153 cm³/mol. The third-order valence-electron chi connectivity index (χ3n) is 7.75. The molecule has 0 aliphatic carbocycles. The van der Waals surface area contributed by atoms with Gasteiger partial charge in [-0.05, 0) is 51.5 Å². The molecule has 218 valence electrons. The minimum absolute atomic E-state index is 0.0498. The first-order valence-electron chi connectivity index (χ1n) is 14.5. The van der Waals surface area contributed by atoms with E-state index in [0.717, 1.165) is 43.7 Å². The van der Waals surface area contributed by atoms with Crippen LogP contribution in [-0.2, 0) is 6.42 Å². The summed E-state index contributed by atoms with van der Waals surface area (Å²) in [6.45, 7) is 10.7. The zero-order valence-electron chi connectivity index (χ0n) is 24.1. The van der Waals surface area contributed by atoms with Crippen molar-refractivity contribution in [3.05, 3.63) is 59.4 Å². The van der Waals surface area contributed by atoms with Crippen LogP contribution in [0.4, 0.5) is 10.2 Å². The quantitative estimate of drug-likeness (QED) is 0.396. The van der Waals surface area contributed by atoms with Crippen molar-refractivity contribution in [2.75, 3.05) is 31.1 Å². The van der Waals surface area contributed by atoms with E-state index in [-0.39, 0.29) is 41.3 Å². The number of rotatable bonds is 9. The summed E-state index contributed by atoms with van der Waals surface area (Å²) in [6, 6.07) is 6.08. The minimum atomic E-state index is -0.517. The highest BCUT2D eigenvalue weighted by molar-refractivity contribution is 5.97. The minimum Gasteiger partial charge on any atom is -0.490 e. The summed E-state index contributed by atoms with van der Waals surface area (Å²) in [5.74, 6) is 0.980. The lowest BCUT2D eigenvalue weighted by Crippen LogP contribution is -2.39. The maximum atomic E-state index is 14.2. The van der Waals surface area contributed by atoms with Gasteiger partial charge in [-0.15, -0.1) is 10.2 Å². The third kappa shape index (κ3) is 6.24. The van der Waals surface area contributed by atoms with Gasteiger partial charge in [0.05, 0.1) is 11.3 Å². The zero-order chi connectivity index (χ0) is 28.9. The summed E-state index contributed by atoms with van der Waals surface area (Å²) >= 11 is 0. The van der Waals surface area contributed by atoms with Gasteiger partial charge in [-0.2, -0.15) is 0 Å². The number of aromatic nitrogens is 4. The fourth-order valence-corrected chi connectivity index (χ4v) is 5.65. The summed E-state index contributed by atoms with van der Waals surface area (Å²) in [5.41, 5.74) is 2.43. The van der Waals surface area contributed by atoms with E-state index in [1.165, 1.54) is 30.1 Å². The van der Waals surface area contributed by atoms with E-state index in [4.69, 9.17) is 9.47 Å². The van der Waals surface area contributed by atoms with Crippen molar-refractivity contribution in [3.63, 3.8) is 0 Å². The molecule has 10 nitrogen and oxygen atoms in total. The van der Waals surface area contributed by atoms with E-state index in [2.05, 4.69) is 37.3 Å². The molecule has 11 heteroatoms. The first-order valence-corrected chi connectivity index (χ1v) is 14.5. The topological polar surface area (TPSA) is 106 Å². The Morgan fingerprint density at radius 3 is 2.71 bits per heavy atom. The molecule has 2 aromatic heterocycles. The molecule has 0 spiro atoms. The number of anilines is 1. The smallest absolute Gasteiger partial charge is 0.282 e. The summed E-state index contributed by atoms with van der Waals surface area (Å²) in [5, 5.41) is 11.7. The van der Waals surface area contributed by atoms with Gasteiger partial charge >= 0.3 is 0 Å². The number of ether oxygens (including phenoxy) is 2.